The maximum absolute atomic E-state index is 13.6. The lowest BCUT2D eigenvalue weighted by Crippen LogP contribution is -2.34. The fourth-order valence-corrected chi connectivity index (χ4v) is 2.69. The summed E-state index contributed by atoms with van der Waals surface area (Å²) in [5.74, 6) is 0.00878. The topological polar surface area (TPSA) is 77.2 Å². The Morgan fingerprint density at radius 1 is 1.32 bits per heavy atom. The van der Waals surface area contributed by atoms with Crippen molar-refractivity contribution in [2.75, 3.05) is 5.75 Å². The SMILES string of the molecule is CCC(CC)NC(=O)CSc1nnc([C@@H](C)Oc2ccccc2F)o1. The van der Waals surface area contributed by atoms with Gasteiger partial charge in [-0.1, -0.05) is 37.7 Å². The molecule has 0 fully saturated rings. The van der Waals surface area contributed by atoms with E-state index in [9.17, 15) is 9.18 Å². The van der Waals surface area contributed by atoms with Crippen molar-refractivity contribution in [2.24, 2.45) is 0 Å². The van der Waals surface area contributed by atoms with E-state index in [0.29, 0.717) is 0 Å². The molecular weight excluding hydrogens is 345 g/mol. The first-order valence-corrected chi connectivity index (χ1v) is 9.18. The average Bonchev–Trinajstić information content (AvgIpc) is 3.09. The van der Waals surface area contributed by atoms with Crippen LogP contribution in [0.1, 0.15) is 45.6 Å². The average molecular weight is 367 g/mol. The number of rotatable bonds is 9. The van der Waals surface area contributed by atoms with Gasteiger partial charge in [0.25, 0.3) is 11.1 Å². The third-order valence-electron chi connectivity index (χ3n) is 3.59. The third kappa shape index (κ3) is 5.74. The van der Waals surface area contributed by atoms with Gasteiger partial charge in [0.15, 0.2) is 17.7 Å². The van der Waals surface area contributed by atoms with E-state index >= 15 is 0 Å². The predicted molar refractivity (Wildman–Crippen MR) is 93.0 cm³/mol. The second kappa shape index (κ2) is 9.41. The number of benzene rings is 1. The molecule has 136 valence electrons. The number of amides is 1. The van der Waals surface area contributed by atoms with Gasteiger partial charge in [-0.3, -0.25) is 4.79 Å². The van der Waals surface area contributed by atoms with Crippen molar-refractivity contribution in [3.8, 4) is 5.75 Å². The van der Waals surface area contributed by atoms with Gasteiger partial charge < -0.3 is 14.5 Å². The lowest BCUT2D eigenvalue weighted by atomic mass is 10.2. The van der Waals surface area contributed by atoms with Gasteiger partial charge in [-0.15, -0.1) is 10.2 Å². The molecule has 0 saturated carbocycles. The Morgan fingerprint density at radius 2 is 2.04 bits per heavy atom. The van der Waals surface area contributed by atoms with Crippen LogP contribution in [0.3, 0.4) is 0 Å². The fraction of sp³-hybridized carbons (Fsp3) is 0.471. The first kappa shape index (κ1) is 19.2. The molecule has 1 aromatic carbocycles. The van der Waals surface area contributed by atoms with Crippen molar-refractivity contribution in [3.63, 3.8) is 0 Å². The van der Waals surface area contributed by atoms with Crippen LogP contribution in [0, 0.1) is 5.82 Å². The van der Waals surface area contributed by atoms with Crippen molar-refractivity contribution in [1.82, 2.24) is 15.5 Å². The summed E-state index contributed by atoms with van der Waals surface area (Å²) in [4.78, 5) is 11.9. The van der Waals surface area contributed by atoms with Gasteiger partial charge in [-0.2, -0.15) is 0 Å². The molecule has 0 spiro atoms. The van der Waals surface area contributed by atoms with E-state index in [0.717, 1.165) is 24.6 Å². The van der Waals surface area contributed by atoms with E-state index in [2.05, 4.69) is 15.5 Å². The van der Waals surface area contributed by atoms with Crippen LogP contribution in [-0.4, -0.2) is 27.9 Å². The zero-order chi connectivity index (χ0) is 18.2. The molecule has 1 amide bonds. The lowest BCUT2D eigenvalue weighted by molar-refractivity contribution is -0.119. The monoisotopic (exact) mass is 367 g/mol. The van der Waals surface area contributed by atoms with Crippen LogP contribution in [0.5, 0.6) is 5.75 Å². The number of carbonyl (C=O) groups excluding carboxylic acids is 1. The number of halogens is 1. The molecule has 2 aromatic rings. The molecule has 0 aliphatic carbocycles. The summed E-state index contributed by atoms with van der Waals surface area (Å²) in [5, 5.41) is 11.0. The number of ether oxygens (including phenoxy) is 1. The standard InChI is InChI=1S/C17H22FN3O3S/c1-4-12(5-2)19-15(22)10-25-17-21-20-16(24-17)11(3)23-14-9-7-6-8-13(14)18/h6-9,11-12H,4-5,10H2,1-3H3,(H,19,22)/t11-/m1/s1. The van der Waals surface area contributed by atoms with Crippen LogP contribution in [0.2, 0.25) is 0 Å². The number of hydrogen-bond acceptors (Lipinski definition) is 6. The largest absolute Gasteiger partial charge is 0.478 e. The number of para-hydroxylation sites is 1. The first-order chi connectivity index (χ1) is 12.0. The summed E-state index contributed by atoms with van der Waals surface area (Å²) >= 11 is 1.16. The zero-order valence-electron chi connectivity index (χ0n) is 14.5. The van der Waals surface area contributed by atoms with Crippen LogP contribution in [-0.2, 0) is 4.79 Å². The molecule has 0 aliphatic heterocycles. The van der Waals surface area contributed by atoms with Crippen molar-refractivity contribution in [2.45, 2.75) is 51.0 Å². The van der Waals surface area contributed by atoms with Crippen LogP contribution in [0.4, 0.5) is 4.39 Å². The Morgan fingerprint density at radius 3 is 2.72 bits per heavy atom. The van der Waals surface area contributed by atoms with Crippen LogP contribution < -0.4 is 10.1 Å². The van der Waals surface area contributed by atoms with Gasteiger partial charge in [0.2, 0.25) is 5.91 Å². The van der Waals surface area contributed by atoms with E-state index in [4.69, 9.17) is 9.15 Å². The highest BCUT2D eigenvalue weighted by Gasteiger charge is 2.18. The van der Waals surface area contributed by atoms with Crippen LogP contribution in [0.15, 0.2) is 33.9 Å². The minimum absolute atomic E-state index is 0.0749. The summed E-state index contributed by atoms with van der Waals surface area (Å²) in [5.41, 5.74) is 0. The summed E-state index contributed by atoms with van der Waals surface area (Å²) in [7, 11) is 0. The zero-order valence-corrected chi connectivity index (χ0v) is 15.3. The number of carbonyl (C=O) groups is 1. The molecule has 1 N–H and O–H groups in total. The molecule has 0 unspecified atom stereocenters. The molecule has 25 heavy (non-hydrogen) atoms. The second-order valence-corrected chi connectivity index (χ2v) is 6.39. The molecule has 6 nitrogen and oxygen atoms in total. The maximum Gasteiger partial charge on any atom is 0.277 e. The van der Waals surface area contributed by atoms with Gasteiger partial charge in [0, 0.05) is 6.04 Å². The van der Waals surface area contributed by atoms with Gasteiger partial charge in [-0.25, -0.2) is 4.39 Å². The second-order valence-electron chi connectivity index (χ2n) is 5.47. The molecular formula is C17H22FN3O3S. The smallest absolute Gasteiger partial charge is 0.277 e. The summed E-state index contributed by atoms with van der Waals surface area (Å²) in [6.07, 6.45) is 1.18. The molecule has 1 aromatic heterocycles. The first-order valence-electron chi connectivity index (χ1n) is 8.20. The Balaban J connectivity index is 1.87. The number of thioether (sulfide) groups is 1. The maximum atomic E-state index is 13.6. The van der Waals surface area contributed by atoms with E-state index < -0.39 is 11.9 Å². The fourth-order valence-electron chi connectivity index (χ4n) is 2.11. The molecule has 0 bridgehead atoms. The molecule has 1 atom stereocenters. The third-order valence-corrected chi connectivity index (χ3v) is 4.41. The summed E-state index contributed by atoms with van der Waals surface area (Å²) in [6.45, 7) is 5.75. The molecule has 8 heteroatoms. The Bertz CT molecular complexity index is 691. The normalized spacial score (nSPS) is 12.2. The van der Waals surface area contributed by atoms with Gasteiger partial charge in [-0.05, 0) is 31.9 Å². The van der Waals surface area contributed by atoms with Gasteiger partial charge in [0.1, 0.15) is 0 Å². The highest BCUT2D eigenvalue weighted by Crippen LogP contribution is 2.25. The molecule has 0 aliphatic rings. The number of nitrogens with one attached hydrogen (secondary N) is 1. The van der Waals surface area contributed by atoms with Crippen molar-refractivity contribution < 1.29 is 18.3 Å². The Hall–Kier alpha value is -2.09. The van der Waals surface area contributed by atoms with Crippen molar-refractivity contribution in [3.05, 3.63) is 36.0 Å². The molecule has 0 radical (unpaired) electrons. The lowest BCUT2D eigenvalue weighted by Gasteiger charge is -2.13. The van der Waals surface area contributed by atoms with Crippen molar-refractivity contribution >= 4 is 17.7 Å². The van der Waals surface area contributed by atoms with E-state index in [-0.39, 0.29) is 34.6 Å². The minimum Gasteiger partial charge on any atom is -0.478 e. The predicted octanol–water partition coefficient (Wildman–Crippen LogP) is 3.75. The molecule has 2 rings (SSSR count). The summed E-state index contributed by atoms with van der Waals surface area (Å²) in [6, 6.07) is 6.29. The van der Waals surface area contributed by atoms with E-state index in [1.165, 1.54) is 12.1 Å². The van der Waals surface area contributed by atoms with E-state index in [1.54, 1.807) is 19.1 Å². The van der Waals surface area contributed by atoms with Crippen molar-refractivity contribution in [1.29, 1.82) is 0 Å². The highest BCUT2D eigenvalue weighted by atomic mass is 32.2. The number of nitrogens with zero attached hydrogens (tertiary/aromatic N) is 2. The van der Waals surface area contributed by atoms with Crippen LogP contribution >= 0.6 is 11.8 Å². The molecule has 0 saturated heterocycles. The minimum atomic E-state index is -0.600. The Labute approximate surface area is 150 Å². The number of hydrogen-bond donors (Lipinski definition) is 1. The van der Waals surface area contributed by atoms with E-state index in [1.807, 2.05) is 13.8 Å². The summed E-state index contributed by atoms with van der Waals surface area (Å²) < 4.78 is 24.6. The van der Waals surface area contributed by atoms with Gasteiger partial charge >= 0.3 is 0 Å². The number of aromatic nitrogens is 2. The Kier molecular flexibility index (Phi) is 7.24. The quantitative estimate of drug-likeness (QED) is 0.680. The highest BCUT2D eigenvalue weighted by molar-refractivity contribution is 7.99. The van der Waals surface area contributed by atoms with Crippen LogP contribution in [0.25, 0.3) is 0 Å². The molecule has 1 heterocycles. The van der Waals surface area contributed by atoms with Gasteiger partial charge in [0.05, 0.1) is 5.75 Å².